The van der Waals surface area contributed by atoms with E-state index in [1.807, 2.05) is 75.4 Å². The van der Waals surface area contributed by atoms with E-state index in [1.165, 1.54) is 5.01 Å². The molecule has 172 valence electrons. The number of nitrogens with zero attached hydrogens (tertiary/aromatic N) is 2. The fourth-order valence-electron chi connectivity index (χ4n) is 3.40. The Morgan fingerprint density at radius 3 is 2.21 bits per heavy atom. The standard InChI is InChI=1S/C23H20ClN3O2S2.C2H6/c1-16-7-13-20(14-8-16)31(28,29)26-23(30)27-15-21(17-5-3-2-4-6-17)22(25-27)18-9-11-19(24)12-10-18;1-2/h2-14,21H,15H2,1H3,(H,26,30);1-2H3. The van der Waals surface area contributed by atoms with Gasteiger partial charge in [0.2, 0.25) is 5.11 Å². The van der Waals surface area contributed by atoms with Gasteiger partial charge in [0.05, 0.1) is 17.2 Å². The van der Waals surface area contributed by atoms with Gasteiger partial charge in [0, 0.05) is 10.9 Å². The van der Waals surface area contributed by atoms with E-state index in [2.05, 4.69) is 9.82 Å². The normalized spacial score (nSPS) is 15.3. The summed E-state index contributed by atoms with van der Waals surface area (Å²) in [5.41, 5.74) is 3.76. The largest absolute Gasteiger partial charge is 0.263 e. The van der Waals surface area contributed by atoms with Crippen molar-refractivity contribution >= 4 is 44.7 Å². The number of benzene rings is 3. The molecule has 0 aromatic heterocycles. The lowest BCUT2D eigenvalue weighted by Crippen LogP contribution is -2.39. The first kappa shape index (κ1) is 24.9. The van der Waals surface area contributed by atoms with Crippen LogP contribution in [0.15, 0.2) is 88.9 Å². The first-order valence-corrected chi connectivity index (χ1v) is 12.9. The molecule has 1 aliphatic rings. The van der Waals surface area contributed by atoms with E-state index in [4.69, 9.17) is 23.8 Å². The molecule has 8 heteroatoms. The number of nitrogens with one attached hydrogen (secondary N) is 1. The molecule has 0 spiro atoms. The summed E-state index contributed by atoms with van der Waals surface area (Å²) in [5, 5.41) is 6.88. The second-order valence-corrected chi connectivity index (χ2v) is 9.77. The molecule has 1 aliphatic heterocycles. The zero-order chi connectivity index (χ0) is 24.0. The molecule has 3 aromatic rings. The van der Waals surface area contributed by atoms with Gasteiger partial charge in [-0.1, -0.05) is 85.6 Å². The van der Waals surface area contributed by atoms with Crippen molar-refractivity contribution in [2.75, 3.05) is 6.54 Å². The molecule has 3 aromatic carbocycles. The summed E-state index contributed by atoms with van der Waals surface area (Å²) >= 11 is 11.5. The van der Waals surface area contributed by atoms with Crippen molar-refractivity contribution in [1.82, 2.24) is 9.73 Å². The maximum atomic E-state index is 12.8. The summed E-state index contributed by atoms with van der Waals surface area (Å²) in [6.07, 6.45) is 0. The fraction of sp³-hybridized carbons (Fsp3) is 0.200. The lowest BCUT2D eigenvalue weighted by atomic mass is 9.91. The zero-order valence-electron chi connectivity index (χ0n) is 18.7. The molecule has 4 rings (SSSR count). The number of rotatable bonds is 4. The molecule has 1 N–H and O–H groups in total. The summed E-state index contributed by atoms with van der Waals surface area (Å²) in [6, 6.07) is 24.0. The van der Waals surface area contributed by atoms with E-state index in [-0.39, 0.29) is 15.9 Å². The van der Waals surface area contributed by atoms with Crippen LogP contribution < -0.4 is 4.72 Å². The second-order valence-electron chi connectivity index (χ2n) is 7.26. The van der Waals surface area contributed by atoms with Gasteiger partial charge in [-0.15, -0.1) is 0 Å². The first-order valence-electron chi connectivity index (χ1n) is 10.6. The van der Waals surface area contributed by atoms with Gasteiger partial charge < -0.3 is 0 Å². The van der Waals surface area contributed by atoms with Gasteiger partial charge in [0.25, 0.3) is 10.0 Å². The van der Waals surface area contributed by atoms with Crippen molar-refractivity contribution in [3.63, 3.8) is 0 Å². The van der Waals surface area contributed by atoms with Gasteiger partial charge in [0.15, 0.2) is 0 Å². The van der Waals surface area contributed by atoms with E-state index in [0.717, 1.165) is 22.4 Å². The smallest absolute Gasteiger partial charge is 0.254 e. The molecule has 0 bridgehead atoms. The first-order chi connectivity index (χ1) is 15.8. The Balaban J connectivity index is 0.00000149. The van der Waals surface area contributed by atoms with Crippen LogP contribution in [-0.4, -0.2) is 30.8 Å². The third kappa shape index (κ3) is 5.99. The van der Waals surface area contributed by atoms with E-state index in [0.29, 0.717) is 11.6 Å². The topological polar surface area (TPSA) is 61.8 Å². The van der Waals surface area contributed by atoms with Crippen molar-refractivity contribution in [1.29, 1.82) is 0 Å². The Morgan fingerprint density at radius 2 is 1.61 bits per heavy atom. The molecule has 0 radical (unpaired) electrons. The molecule has 5 nitrogen and oxygen atoms in total. The molecule has 0 saturated heterocycles. The highest BCUT2D eigenvalue weighted by Gasteiger charge is 2.32. The summed E-state index contributed by atoms with van der Waals surface area (Å²) in [4.78, 5) is 0.154. The summed E-state index contributed by atoms with van der Waals surface area (Å²) < 4.78 is 28.0. The highest BCUT2D eigenvalue weighted by Crippen LogP contribution is 2.29. The van der Waals surface area contributed by atoms with Gasteiger partial charge >= 0.3 is 0 Å². The average Bonchev–Trinajstić information content (AvgIpc) is 3.27. The van der Waals surface area contributed by atoms with Crippen molar-refractivity contribution in [2.24, 2.45) is 5.10 Å². The average molecular weight is 500 g/mol. The number of hydrogen-bond donors (Lipinski definition) is 1. The molecule has 0 fully saturated rings. The van der Waals surface area contributed by atoms with E-state index >= 15 is 0 Å². The van der Waals surface area contributed by atoms with Crippen molar-refractivity contribution < 1.29 is 8.42 Å². The van der Waals surface area contributed by atoms with Gasteiger partial charge in [-0.25, -0.2) is 13.4 Å². The van der Waals surface area contributed by atoms with Crippen LogP contribution in [0.2, 0.25) is 5.02 Å². The third-order valence-corrected chi connectivity index (χ3v) is 7.09. The molecule has 1 atom stereocenters. The van der Waals surface area contributed by atoms with Crippen LogP contribution in [0.3, 0.4) is 0 Å². The van der Waals surface area contributed by atoms with E-state index in [9.17, 15) is 8.42 Å². The highest BCUT2D eigenvalue weighted by molar-refractivity contribution is 7.91. The van der Waals surface area contributed by atoms with Gasteiger partial charge in [0.1, 0.15) is 0 Å². The van der Waals surface area contributed by atoms with Crippen molar-refractivity contribution in [3.8, 4) is 0 Å². The SMILES string of the molecule is CC.Cc1ccc(S(=O)(=O)NC(=S)N2CC(c3ccccc3)C(c3ccc(Cl)cc3)=N2)cc1. The molecule has 0 aliphatic carbocycles. The number of aryl methyl sites for hydroxylation is 1. The summed E-state index contributed by atoms with van der Waals surface area (Å²) in [5.74, 6) is -0.0656. The third-order valence-electron chi connectivity index (χ3n) is 5.04. The van der Waals surface area contributed by atoms with Crippen LogP contribution in [0.5, 0.6) is 0 Å². The molecular weight excluding hydrogens is 474 g/mol. The monoisotopic (exact) mass is 499 g/mol. The molecule has 1 heterocycles. The lowest BCUT2D eigenvalue weighted by Gasteiger charge is -2.18. The minimum atomic E-state index is -3.80. The van der Waals surface area contributed by atoms with Crippen molar-refractivity contribution in [2.45, 2.75) is 31.6 Å². The highest BCUT2D eigenvalue weighted by atomic mass is 35.5. The van der Waals surface area contributed by atoms with Crippen LogP contribution in [0, 0.1) is 6.92 Å². The Hall–Kier alpha value is -2.74. The molecule has 33 heavy (non-hydrogen) atoms. The number of sulfonamides is 1. The maximum absolute atomic E-state index is 12.8. The predicted octanol–water partition coefficient (Wildman–Crippen LogP) is 5.74. The fourth-order valence-corrected chi connectivity index (χ4v) is 4.92. The van der Waals surface area contributed by atoms with Crippen LogP contribution in [0.4, 0.5) is 0 Å². The number of hydrogen-bond acceptors (Lipinski definition) is 4. The maximum Gasteiger partial charge on any atom is 0.263 e. The number of thiocarbonyl (C=S) groups is 1. The Morgan fingerprint density at radius 1 is 1.00 bits per heavy atom. The van der Waals surface area contributed by atoms with Crippen LogP contribution in [0.25, 0.3) is 0 Å². The zero-order valence-corrected chi connectivity index (χ0v) is 21.1. The quantitative estimate of drug-likeness (QED) is 0.465. The molecular formula is C25H26ClN3O2S2. The predicted molar refractivity (Wildman–Crippen MR) is 139 cm³/mol. The Bertz CT molecular complexity index is 1230. The molecule has 0 saturated carbocycles. The minimum absolute atomic E-state index is 0.0328. The second kappa shape index (κ2) is 10.9. The molecule has 0 amide bonds. The van der Waals surface area contributed by atoms with Crippen molar-refractivity contribution in [3.05, 3.63) is 101 Å². The van der Waals surface area contributed by atoms with E-state index in [1.54, 1.807) is 24.3 Å². The van der Waals surface area contributed by atoms with Crippen LogP contribution in [0.1, 0.15) is 36.5 Å². The van der Waals surface area contributed by atoms with Crippen LogP contribution in [-0.2, 0) is 10.0 Å². The minimum Gasteiger partial charge on any atom is -0.254 e. The molecule has 1 unspecified atom stereocenters. The van der Waals surface area contributed by atoms with Gasteiger partial charge in [-0.3, -0.25) is 4.72 Å². The lowest BCUT2D eigenvalue weighted by molar-refractivity contribution is 0.472. The van der Waals surface area contributed by atoms with Gasteiger partial charge in [-0.2, -0.15) is 5.10 Å². The number of hydrazone groups is 1. The summed E-state index contributed by atoms with van der Waals surface area (Å²) in [6.45, 7) is 6.33. The Labute approximate surface area is 206 Å². The van der Waals surface area contributed by atoms with Crippen LogP contribution >= 0.6 is 23.8 Å². The van der Waals surface area contributed by atoms with Gasteiger partial charge in [-0.05, 0) is 54.5 Å². The number of halogens is 1. The summed E-state index contributed by atoms with van der Waals surface area (Å²) in [7, 11) is -3.80. The Kier molecular flexibility index (Phi) is 8.24. The van der Waals surface area contributed by atoms with E-state index < -0.39 is 10.0 Å².